The number of pyridine rings is 1. The van der Waals surface area contributed by atoms with Crippen LogP contribution in [-0.2, 0) is 0 Å². The van der Waals surface area contributed by atoms with Crippen LogP contribution in [0, 0.1) is 5.92 Å². The Hall–Kier alpha value is -5.95. The van der Waals surface area contributed by atoms with E-state index < -0.39 is 0 Å². The SMILES string of the molecule is C=C1c2ccccc2N2c3nccnc3N(c3ccccc3)C2C2C1c1ccccc1N1c3ncccc3N(c3ccccc3)C21. The van der Waals surface area contributed by atoms with Crippen LogP contribution in [0.5, 0.6) is 0 Å². The second-order valence-electron chi connectivity index (χ2n) is 12.2. The van der Waals surface area contributed by atoms with E-state index in [0.717, 1.165) is 57.0 Å². The molecule has 2 aromatic heterocycles. The summed E-state index contributed by atoms with van der Waals surface area (Å²) in [4.78, 5) is 24.9. The van der Waals surface area contributed by atoms with Crippen LogP contribution in [-0.4, -0.2) is 27.3 Å². The van der Waals surface area contributed by atoms with Crippen molar-refractivity contribution in [1.82, 2.24) is 15.0 Å². The monoisotopic (exact) mass is 595 g/mol. The highest BCUT2D eigenvalue weighted by atomic mass is 15.5. The minimum Gasteiger partial charge on any atom is -0.316 e. The maximum absolute atomic E-state index is 5.05. The molecule has 7 heteroatoms. The number of fused-ring (bicyclic) bond motifs is 14. The summed E-state index contributed by atoms with van der Waals surface area (Å²) in [5.74, 6) is 2.60. The summed E-state index contributed by atoms with van der Waals surface area (Å²) in [5, 5.41) is 0. The first kappa shape index (κ1) is 25.4. The maximum Gasteiger partial charge on any atom is 0.178 e. The van der Waals surface area contributed by atoms with Crippen molar-refractivity contribution in [2.75, 3.05) is 19.6 Å². The van der Waals surface area contributed by atoms with Crippen LogP contribution in [0.4, 0.5) is 45.9 Å². The Bertz CT molecular complexity index is 2150. The lowest BCUT2D eigenvalue weighted by molar-refractivity contribution is 0.328. The van der Waals surface area contributed by atoms with Crippen LogP contribution in [0.2, 0.25) is 0 Å². The van der Waals surface area contributed by atoms with Gasteiger partial charge in [-0.3, -0.25) is 0 Å². The van der Waals surface area contributed by atoms with Gasteiger partial charge in [0.15, 0.2) is 17.5 Å². The quantitative estimate of drug-likeness (QED) is 0.199. The Morgan fingerprint density at radius 1 is 0.457 bits per heavy atom. The van der Waals surface area contributed by atoms with E-state index in [0.29, 0.717) is 0 Å². The van der Waals surface area contributed by atoms with Crippen LogP contribution in [0.15, 0.2) is 146 Å². The predicted octanol–water partition coefficient (Wildman–Crippen LogP) is 8.54. The third-order valence-corrected chi connectivity index (χ3v) is 9.99. The summed E-state index contributed by atoms with van der Waals surface area (Å²) in [5.41, 5.74) is 9.04. The molecule has 0 amide bonds. The van der Waals surface area contributed by atoms with Crippen molar-refractivity contribution >= 4 is 51.5 Å². The second kappa shape index (κ2) is 9.52. The van der Waals surface area contributed by atoms with E-state index in [2.05, 4.69) is 135 Å². The average molecular weight is 596 g/mol. The number of benzene rings is 4. The van der Waals surface area contributed by atoms with Gasteiger partial charge < -0.3 is 19.6 Å². The van der Waals surface area contributed by atoms with Gasteiger partial charge in [0.05, 0.1) is 11.4 Å². The largest absolute Gasteiger partial charge is 0.316 e. The third-order valence-electron chi connectivity index (χ3n) is 9.99. The van der Waals surface area contributed by atoms with E-state index in [4.69, 9.17) is 21.5 Å². The van der Waals surface area contributed by atoms with Crippen LogP contribution in [0.25, 0.3) is 5.57 Å². The van der Waals surface area contributed by atoms with Gasteiger partial charge >= 0.3 is 0 Å². The van der Waals surface area contributed by atoms with Gasteiger partial charge in [-0.15, -0.1) is 0 Å². The van der Waals surface area contributed by atoms with Gasteiger partial charge in [-0.2, -0.15) is 0 Å². The first-order chi connectivity index (χ1) is 22.8. The zero-order valence-electron chi connectivity index (χ0n) is 24.9. The first-order valence-electron chi connectivity index (χ1n) is 15.7. The molecule has 4 atom stereocenters. The molecular weight excluding hydrogens is 566 g/mol. The van der Waals surface area contributed by atoms with Crippen LogP contribution in [0.1, 0.15) is 17.0 Å². The number of rotatable bonds is 2. The van der Waals surface area contributed by atoms with Crippen molar-refractivity contribution in [3.63, 3.8) is 0 Å². The zero-order chi connectivity index (χ0) is 30.4. The number of allylic oxidation sites excluding steroid dienone is 1. The van der Waals surface area contributed by atoms with Gasteiger partial charge in [0, 0.05) is 53.1 Å². The molecule has 7 nitrogen and oxygen atoms in total. The molecule has 10 rings (SSSR count). The van der Waals surface area contributed by atoms with E-state index in [9.17, 15) is 0 Å². The molecule has 46 heavy (non-hydrogen) atoms. The standard InChI is InChI=1S/C39H29N7/c1-25-28-17-8-10-19-30(28)46-37-36(41-23-24-42-37)44(27-15-6-3-7-16-27)39(46)34-33(25)29-18-9-11-20-31(29)45-35-32(21-12-22-40-35)43(38(34)45)26-13-4-2-5-14-26/h2-24,33-34,38-39H,1H2. The summed E-state index contributed by atoms with van der Waals surface area (Å²) in [6.07, 6.45) is 5.19. The Morgan fingerprint density at radius 3 is 1.76 bits per heavy atom. The molecule has 4 aromatic carbocycles. The number of nitrogens with zero attached hydrogens (tertiary/aromatic N) is 7. The summed E-state index contributed by atoms with van der Waals surface area (Å²) in [6, 6.07) is 43.1. The molecule has 220 valence electrons. The number of anilines is 8. The first-order valence-corrected chi connectivity index (χ1v) is 15.7. The molecule has 0 radical (unpaired) electrons. The molecule has 6 aromatic rings. The van der Waals surface area contributed by atoms with Crippen LogP contribution < -0.4 is 19.6 Å². The van der Waals surface area contributed by atoms with Crippen molar-refractivity contribution in [3.8, 4) is 0 Å². The molecule has 0 fully saturated rings. The lowest BCUT2D eigenvalue weighted by Gasteiger charge is -2.50. The summed E-state index contributed by atoms with van der Waals surface area (Å²) >= 11 is 0. The fourth-order valence-corrected chi connectivity index (χ4v) is 8.34. The van der Waals surface area contributed by atoms with E-state index in [1.807, 2.05) is 12.3 Å². The van der Waals surface area contributed by atoms with Crippen molar-refractivity contribution in [3.05, 3.63) is 158 Å². The van der Waals surface area contributed by atoms with Gasteiger partial charge in [0.2, 0.25) is 0 Å². The van der Waals surface area contributed by atoms with Crippen molar-refractivity contribution < 1.29 is 0 Å². The lowest BCUT2D eigenvalue weighted by atomic mass is 9.72. The van der Waals surface area contributed by atoms with Crippen molar-refractivity contribution in [2.24, 2.45) is 5.92 Å². The predicted molar refractivity (Wildman–Crippen MR) is 183 cm³/mol. The Morgan fingerprint density at radius 2 is 1.00 bits per heavy atom. The summed E-state index contributed by atoms with van der Waals surface area (Å²) < 4.78 is 0. The van der Waals surface area contributed by atoms with Crippen molar-refractivity contribution in [1.29, 1.82) is 0 Å². The molecule has 0 spiro atoms. The van der Waals surface area contributed by atoms with Gasteiger partial charge in [-0.25, -0.2) is 15.0 Å². The fourth-order valence-electron chi connectivity index (χ4n) is 8.34. The zero-order valence-corrected chi connectivity index (χ0v) is 24.9. The molecule has 0 N–H and O–H groups in total. The number of para-hydroxylation sites is 4. The fraction of sp³-hybridized carbons (Fsp3) is 0.103. The molecular formula is C39H29N7. The molecule has 0 saturated carbocycles. The molecule has 0 aliphatic carbocycles. The van der Waals surface area contributed by atoms with E-state index in [1.54, 1.807) is 12.4 Å². The molecule has 0 saturated heterocycles. The maximum atomic E-state index is 5.05. The molecule has 0 bridgehead atoms. The van der Waals surface area contributed by atoms with Crippen LogP contribution >= 0.6 is 0 Å². The smallest absolute Gasteiger partial charge is 0.178 e. The van der Waals surface area contributed by atoms with Gasteiger partial charge in [0.1, 0.15) is 12.3 Å². The highest BCUT2D eigenvalue weighted by Gasteiger charge is 2.60. The molecule has 4 aliphatic rings. The Balaban J connectivity index is 1.33. The lowest BCUT2D eigenvalue weighted by Crippen LogP contribution is -2.59. The topological polar surface area (TPSA) is 51.6 Å². The van der Waals surface area contributed by atoms with E-state index in [-0.39, 0.29) is 24.2 Å². The van der Waals surface area contributed by atoms with Crippen LogP contribution in [0.3, 0.4) is 0 Å². The normalized spacial score (nSPS) is 21.8. The number of hydrogen-bond acceptors (Lipinski definition) is 7. The molecule has 4 aliphatic heterocycles. The van der Waals surface area contributed by atoms with Gasteiger partial charge in [-0.05, 0) is 59.7 Å². The Kier molecular flexibility index (Phi) is 5.26. The molecule has 4 unspecified atom stereocenters. The number of aromatic nitrogens is 3. The van der Waals surface area contributed by atoms with E-state index >= 15 is 0 Å². The highest BCUT2D eigenvalue weighted by molar-refractivity contribution is 5.95. The van der Waals surface area contributed by atoms with E-state index in [1.165, 1.54) is 5.56 Å². The summed E-state index contributed by atoms with van der Waals surface area (Å²) in [6.45, 7) is 4.91. The van der Waals surface area contributed by atoms with Gasteiger partial charge in [0.25, 0.3) is 0 Å². The highest BCUT2D eigenvalue weighted by Crippen LogP contribution is 2.63. The minimum absolute atomic E-state index is 0.0188. The van der Waals surface area contributed by atoms with Crippen molar-refractivity contribution in [2.45, 2.75) is 18.2 Å². The Labute approximate surface area is 267 Å². The van der Waals surface area contributed by atoms with Gasteiger partial charge in [-0.1, -0.05) is 79.4 Å². The second-order valence-corrected chi connectivity index (χ2v) is 12.2. The minimum atomic E-state index is -0.188. The third kappa shape index (κ3) is 3.29. The average Bonchev–Trinajstić information content (AvgIpc) is 3.62. The molecule has 6 heterocycles. The number of hydrogen-bond donors (Lipinski definition) is 0. The summed E-state index contributed by atoms with van der Waals surface area (Å²) in [7, 11) is 0.